The topological polar surface area (TPSA) is 63.9 Å². The van der Waals surface area contributed by atoms with E-state index in [1.54, 1.807) is 43.4 Å². The quantitative estimate of drug-likeness (QED) is 0.716. The van der Waals surface area contributed by atoms with E-state index in [0.29, 0.717) is 18.1 Å². The van der Waals surface area contributed by atoms with Crippen LogP contribution in [0.15, 0.2) is 48.8 Å². The van der Waals surface area contributed by atoms with Crippen molar-refractivity contribution in [2.24, 2.45) is 0 Å². The molecule has 0 N–H and O–H groups in total. The van der Waals surface area contributed by atoms with Gasteiger partial charge in [-0.15, -0.1) is 5.10 Å². The molecule has 7 heteroatoms. The molecule has 0 spiro atoms. The molecule has 0 unspecified atom stereocenters. The lowest BCUT2D eigenvalue weighted by Crippen LogP contribution is -2.29. The lowest BCUT2D eigenvalue weighted by atomic mass is 10.2. The predicted molar refractivity (Wildman–Crippen MR) is 91.0 cm³/mol. The Morgan fingerprint density at radius 1 is 1.16 bits per heavy atom. The van der Waals surface area contributed by atoms with Crippen LogP contribution in [0.25, 0.3) is 5.69 Å². The van der Waals surface area contributed by atoms with E-state index in [1.165, 1.54) is 16.8 Å². The van der Waals surface area contributed by atoms with Crippen LogP contribution in [0.4, 0.5) is 4.39 Å². The third-order valence-corrected chi connectivity index (χ3v) is 3.86. The van der Waals surface area contributed by atoms with Gasteiger partial charge in [0.05, 0.1) is 5.69 Å². The minimum absolute atomic E-state index is 0.124. The zero-order valence-electron chi connectivity index (χ0n) is 14.1. The van der Waals surface area contributed by atoms with Crippen molar-refractivity contribution in [2.75, 3.05) is 13.6 Å². The van der Waals surface area contributed by atoms with E-state index < -0.39 is 0 Å². The molecule has 1 amide bonds. The Morgan fingerprint density at radius 2 is 1.84 bits per heavy atom. The summed E-state index contributed by atoms with van der Waals surface area (Å²) in [5.41, 5.74) is 1.76. The number of nitrogens with zero attached hydrogens (tertiary/aromatic N) is 5. The highest BCUT2D eigenvalue weighted by atomic mass is 19.1. The Morgan fingerprint density at radius 3 is 2.52 bits per heavy atom. The van der Waals surface area contributed by atoms with Crippen LogP contribution in [0.2, 0.25) is 0 Å². The van der Waals surface area contributed by atoms with Crippen molar-refractivity contribution in [1.29, 1.82) is 0 Å². The van der Waals surface area contributed by atoms with Crippen LogP contribution in [-0.2, 0) is 6.42 Å². The fourth-order valence-electron chi connectivity index (χ4n) is 2.43. The van der Waals surface area contributed by atoms with Gasteiger partial charge in [-0.05, 0) is 55.3 Å². The maximum Gasteiger partial charge on any atom is 0.293 e. The molecule has 2 heterocycles. The second-order valence-electron chi connectivity index (χ2n) is 5.70. The van der Waals surface area contributed by atoms with E-state index in [2.05, 4.69) is 15.1 Å². The lowest BCUT2D eigenvalue weighted by molar-refractivity contribution is 0.0784. The molecule has 6 nitrogen and oxygen atoms in total. The first kappa shape index (κ1) is 16.8. The van der Waals surface area contributed by atoms with E-state index in [0.717, 1.165) is 12.0 Å². The number of amides is 1. The fourth-order valence-corrected chi connectivity index (χ4v) is 2.43. The molecule has 1 aromatic carbocycles. The Kier molecular flexibility index (Phi) is 4.83. The standard InChI is InChI=1S/C18H18FN5O/c1-13-21-17(22-24(13)16-5-3-15(19)4-6-16)18(25)23(2)12-9-14-7-10-20-11-8-14/h3-8,10-11H,9,12H2,1-2H3. The second kappa shape index (κ2) is 7.21. The largest absolute Gasteiger partial charge is 0.339 e. The van der Waals surface area contributed by atoms with Crippen molar-refractivity contribution >= 4 is 5.91 Å². The Labute approximate surface area is 145 Å². The van der Waals surface area contributed by atoms with Gasteiger partial charge in [-0.1, -0.05) is 0 Å². The molecule has 3 aromatic rings. The van der Waals surface area contributed by atoms with Gasteiger partial charge in [0.15, 0.2) is 0 Å². The summed E-state index contributed by atoms with van der Waals surface area (Å²) in [6.07, 6.45) is 4.18. The summed E-state index contributed by atoms with van der Waals surface area (Å²) < 4.78 is 14.6. The number of aromatic nitrogens is 4. The molecule has 0 saturated carbocycles. The highest BCUT2D eigenvalue weighted by molar-refractivity contribution is 5.90. The monoisotopic (exact) mass is 339 g/mol. The third kappa shape index (κ3) is 3.88. The van der Waals surface area contributed by atoms with E-state index in [9.17, 15) is 9.18 Å². The molecule has 0 bridgehead atoms. The lowest BCUT2D eigenvalue weighted by Gasteiger charge is -2.15. The first-order chi connectivity index (χ1) is 12.0. The van der Waals surface area contributed by atoms with Crippen LogP contribution < -0.4 is 0 Å². The molecule has 128 valence electrons. The summed E-state index contributed by atoms with van der Waals surface area (Å²) >= 11 is 0. The minimum Gasteiger partial charge on any atom is -0.339 e. The molecule has 0 aliphatic carbocycles. The number of likely N-dealkylation sites (N-methyl/N-ethyl adjacent to an activating group) is 1. The van der Waals surface area contributed by atoms with Crippen molar-refractivity contribution in [3.8, 4) is 5.69 Å². The Bertz CT molecular complexity index is 861. The van der Waals surface area contributed by atoms with Gasteiger partial charge in [0.2, 0.25) is 5.82 Å². The van der Waals surface area contributed by atoms with Gasteiger partial charge in [0, 0.05) is 26.0 Å². The van der Waals surface area contributed by atoms with Crippen LogP contribution in [0.5, 0.6) is 0 Å². The first-order valence-electron chi connectivity index (χ1n) is 7.88. The summed E-state index contributed by atoms with van der Waals surface area (Å²) in [4.78, 5) is 22.3. The van der Waals surface area contributed by atoms with Crippen LogP contribution in [0.3, 0.4) is 0 Å². The van der Waals surface area contributed by atoms with Crippen LogP contribution in [0.1, 0.15) is 22.0 Å². The number of halogens is 1. The summed E-state index contributed by atoms with van der Waals surface area (Å²) in [5.74, 6) is 0.114. The normalized spacial score (nSPS) is 10.7. The van der Waals surface area contributed by atoms with E-state index >= 15 is 0 Å². The molecular formula is C18H18FN5O. The Hall–Kier alpha value is -3.09. The van der Waals surface area contributed by atoms with Crippen LogP contribution in [-0.4, -0.2) is 44.1 Å². The molecule has 25 heavy (non-hydrogen) atoms. The molecule has 0 aliphatic rings. The van der Waals surface area contributed by atoms with Gasteiger partial charge < -0.3 is 4.90 Å². The highest BCUT2D eigenvalue weighted by Gasteiger charge is 2.19. The van der Waals surface area contributed by atoms with Crippen molar-refractivity contribution in [3.05, 3.63) is 71.8 Å². The summed E-state index contributed by atoms with van der Waals surface area (Å²) in [5, 5.41) is 4.27. The molecule has 0 saturated heterocycles. The smallest absolute Gasteiger partial charge is 0.293 e. The van der Waals surface area contributed by atoms with Gasteiger partial charge in [-0.25, -0.2) is 14.1 Å². The zero-order chi connectivity index (χ0) is 17.8. The summed E-state index contributed by atoms with van der Waals surface area (Å²) in [6, 6.07) is 9.72. The summed E-state index contributed by atoms with van der Waals surface area (Å²) in [7, 11) is 1.72. The van der Waals surface area contributed by atoms with Crippen LogP contribution in [0, 0.1) is 12.7 Å². The van der Waals surface area contributed by atoms with Crippen LogP contribution >= 0.6 is 0 Å². The number of aryl methyl sites for hydroxylation is 1. The molecule has 0 fully saturated rings. The highest BCUT2D eigenvalue weighted by Crippen LogP contribution is 2.11. The maximum atomic E-state index is 13.1. The number of benzene rings is 1. The third-order valence-electron chi connectivity index (χ3n) is 3.86. The first-order valence-corrected chi connectivity index (χ1v) is 7.88. The summed E-state index contributed by atoms with van der Waals surface area (Å²) in [6.45, 7) is 2.30. The second-order valence-corrected chi connectivity index (χ2v) is 5.70. The molecule has 0 radical (unpaired) electrons. The van der Waals surface area contributed by atoms with Gasteiger partial charge in [-0.3, -0.25) is 9.78 Å². The maximum absolute atomic E-state index is 13.1. The van der Waals surface area contributed by atoms with E-state index in [1.807, 2.05) is 12.1 Å². The number of rotatable bonds is 5. The zero-order valence-corrected chi connectivity index (χ0v) is 14.1. The number of hydrogen-bond acceptors (Lipinski definition) is 4. The molecular weight excluding hydrogens is 321 g/mol. The molecule has 0 aliphatic heterocycles. The van der Waals surface area contributed by atoms with Crippen molar-refractivity contribution in [3.63, 3.8) is 0 Å². The number of pyridine rings is 1. The number of carbonyl (C=O) groups is 1. The van der Waals surface area contributed by atoms with E-state index in [4.69, 9.17) is 0 Å². The minimum atomic E-state index is -0.325. The molecule has 3 rings (SSSR count). The number of hydrogen-bond donors (Lipinski definition) is 0. The average molecular weight is 339 g/mol. The van der Waals surface area contributed by atoms with Gasteiger partial charge in [0.1, 0.15) is 11.6 Å². The molecule has 2 aromatic heterocycles. The van der Waals surface area contributed by atoms with Gasteiger partial charge in [-0.2, -0.15) is 0 Å². The number of carbonyl (C=O) groups excluding carboxylic acids is 1. The van der Waals surface area contributed by atoms with Gasteiger partial charge >= 0.3 is 0 Å². The van der Waals surface area contributed by atoms with Crippen molar-refractivity contribution < 1.29 is 9.18 Å². The van der Waals surface area contributed by atoms with E-state index in [-0.39, 0.29) is 17.5 Å². The van der Waals surface area contributed by atoms with Crippen molar-refractivity contribution in [2.45, 2.75) is 13.3 Å². The average Bonchev–Trinajstić information content (AvgIpc) is 3.02. The predicted octanol–water partition coefficient (Wildman–Crippen LogP) is 2.42. The Balaban J connectivity index is 1.72. The van der Waals surface area contributed by atoms with Crippen molar-refractivity contribution in [1.82, 2.24) is 24.6 Å². The van der Waals surface area contributed by atoms with Gasteiger partial charge in [0.25, 0.3) is 5.91 Å². The molecule has 0 atom stereocenters. The fraction of sp³-hybridized carbons (Fsp3) is 0.222. The SMILES string of the molecule is Cc1nc(C(=O)N(C)CCc2ccncc2)nn1-c1ccc(F)cc1.